The third kappa shape index (κ3) is 1.95. The van der Waals surface area contributed by atoms with Gasteiger partial charge in [0.2, 0.25) is 0 Å². The highest BCUT2D eigenvalue weighted by Gasteiger charge is 2.24. The molecule has 0 spiro atoms. The summed E-state index contributed by atoms with van der Waals surface area (Å²) in [5, 5.41) is 1.33. The molecular weight excluding hydrogens is 220 g/mol. The van der Waals surface area contributed by atoms with E-state index in [0.29, 0.717) is 5.92 Å². The van der Waals surface area contributed by atoms with Gasteiger partial charge in [-0.3, -0.25) is 0 Å². The first-order valence-corrected chi connectivity index (χ1v) is 7.07. The molecule has 0 bridgehead atoms. The van der Waals surface area contributed by atoms with Gasteiger partial charge in [-0.2, -0.15) is 0 Å². The summed E-state index contributed by atoms with van der Waals surface area (Å²) in [6, 6.07) is 8.79. The number of aryl methyl sites for hydroxylation is 1. The molecule has 1 unspecified atom stereocenters. The lowest BCUT2D eigenvalue weighted by molar-refractivity contribution is 0.309. The van der Waals surface area contributed by atoms with E-state index in [1.54, 1.807) is 0 Å². The van der Waals surface area contributed by atoms with Gasteiger partial charge in [0.05, 0.1) is 0 Å². The first kappa shape index (κ1) is 11.8. The molecule has 2 heteroatoms. The highest BCUT2D eigenvalue weighted by Crippen LogP contribution is 2.36. The van der Waals surface area contributed by atoms with Crippen LogP contribution in [0.25, 0.3) is 10.9 Å². The Morgan fingerprint density at radius 2 is 1.89 bits per heavy atom. The average Bonchev–Trinajstić information content (AvgIpc) is 2.77. The summed E-state index contributed by atoms with van der Waals surface area (Å²) >= 11 is 0. The van der Waals surface area contributed by atoms with Crippen molar-refractivity contribution in [3.63, 3.8) is 0 Å². The van der Waals surface area contributed by atoms with E-state index >= 15 is 0 Å². The predicted molar refractivity (Wildman–Crippen MR) is 76.4 cm³/mol. The molecule has 1 saturated carbocycles. The van der Waals surface area contributed by atoms with E-state index in [-0.39, 0.29) is 6.04 Å². The average molecular weight is 242 g/mol. The lowest BCUT2D eigenvalue weighted by Gasteiger charge is -2.27. The van der Waals surface area contributed by atoms with Crippen LogP contribution in [-0.2, 0) is 7.05 Å². The highest BCUT2D eigenvalue weighted by atomic mass is 14.9. The molecule has 18 heavy (non-hydrogen) atoms. The van der Waals surface area contributed by atoms with Crippen LogP contribution in [0.5, 0.6) is 0 Å². The van der Waals surface area contributed by atoms with Crippen LogP contribution in [0.4, 0.5) is 0 Å². The Balaban J connectivity index is 1.98. The molecule has 0 aliphatic heterocycles. The van der Waals surface area contributed by atoms with E-state index in [1.807, 2.05) is 0 Å². The molecular formula is C16H22N2. The molecule has 1 atom stereocenters. The molecule has 0 amide bonds. The summed E-state index contributed by atoms with van der Waals surface area (Å²) in [4.78, 5) is 0. The zero-order valence-corrected chi connectivity index (χ0v) is 11.1. The van der Waals surface area contributed by atoms with E-state index in [1.165, 1.54) is 48.6 Å². The van der Waals surface area contributed by atoms with Gasteiger partial charge in [0.1, 0.15) is 0 Å². The minimum Gasteiger partial charge on any atom is -0.350 e. The smallest absolute Gasteiger partial charge is 0.0481 e. The van der Waals surface area contributed by atoms with Crippen LogP contribution >= 0.6 is 0 Å². The van der Waals surface area contributed by atoms with Crippen LogP contribution in [0.3, 0.4) is 0 Å². The fourth-order valence-electron chi connectivity index (χ4n) is 3.39. The Hall–Kier alpha value is -1.28. The maximum Gasteiger partial charge on any atom is 0.0481 e. The van der Waals surface area contributed by atoms with Crippen molar-refractivity contribution < 1.29 is 0 Å². The number of aromatic nitrogens is 1. The van der Waals surface area contributed by atoms with E-state index in [4.69, 9.17) is 5.73 Å². The number of benzene rings is 1. The first-order valence-electron chi connectivity index (χ1n) is 7.07. The molecule has 2 N–H and O–H groups in total. The topological polar surface area (TPSA) is 30.9 Å². The summed E-state index contributed by atoms with van der Waals surface area (Å²) in [5.41, 5.74) is 9.16. The summed E-state index contributed by atoms with van der Waals surface area (Å²) in [7, 11) is 2.11. The van der Waals surface area contributed by atoms with Crippen molar-refractivity contribution in [2.75, 3.05) is 0 Å². The van der Waals surface area contributed by atoms with Gasteiger partial charge in [-0.1, -0.05) is 37.5 Å². The fraction of sp³-hybridized carbons (Fsp3) is 0.500. The predicted octanol–water partition coefficient (Wildman–Crippen LogP) is 3.76. The molecule has 1 heterocycles. The molecule has 0 saturated heterocycles. The van der Waals surface area contributed by atoms with Crippen molar-refractivity contribution in [1.82, 2.24) is 4.57 Å². The number of hydrogen-bond donors (Lipinski definition) is 1. The van der Waals surface area contributed by atoms with Gasteiger partial charge in [-0.05, 0) is 30.4 Å². The van der Waals surface area contributed by atoms with Gasteiger partial charge in [0.15, 0.2) is 0 Å². The Morgan fingerprint density at radius 3 is 2.67 bits per heavy atom. The quantitative estimate of drug-likeness (QED) is 0.854. The van der Waals surface area contributed by atoms with Crippen LogP contribution in [-0.4, -0.2) is 4.57 Å². The Bertz CT molecular complexity index is 535. The number of para-hydroxylation sites is 1. The van der Waals surface area contributed by atoms with Crippen LogP contribution < -0.4 is 5.73 Å². The monoisotopic (exact) mass is 242 g/mol. The van der Waals surface area contributed by atoms with Crippen LogP contribution in [0, 0.1) is 5.92 Å². The van der Waals surface area contributed by atoms with Gasteiger partial charge >= 0.3 is 0 Å². The Morgan fingerprint density at radius 1 is 1.17 bits per heavy atom. The van der Waals surface area contributed by atoms with Gasteiger partial charge in [0.25, 0.3) is 0 Å². The zero-order chi connectivity index (χ0) is 12.5. The maximum atomic E-state index is 6.54. The summed E-state index contributed by atoms with van der Waals surface area (Å²) < 4.78 is 2.20. The molecule has 3 rings (SSSR count). The Labute approximate surface area is 109 Å². The normalized spacial score (nSPS) is 19.2. The second-order valence-electron chi connectivity index (χ2n) is 5.64. The van der Waals surface area contributed by atoms with Crippen LogP contribution in [0.1, 0.15) is 43.7 Å². The third-order valence-corrected chi connectivity index (χ3v) is 4.44. The molecule has 0 radical (unpaired) electrons. The maximum absolute atomic E-state index is 6.54. The molecule has 1 fully saturated rings. The van der Waals surface area contributed by atoms with E-state index in [0.717, 1.165) is 0 Å². The van der Waals surface area contributed by atoms with Gasteiger partial charge in [-0.15, -0.1) is 0 Å². The number of nitrogens with zero attached hydrogens (tertiary/aromatic N) is 1. The molecule has 1 aromatic carbocycles. The molecule has 96 valence electrons. The number of rotatable bonds is 2. The number of hydrogen-bond acceptors (Lipinski definition) is 1. The van der Waals surface area contributed by atoms with E-state index in [9.17, 15) is 0 Å². The summed E-state index contributed by atoms with van der Waals surface area (Å²) in [6.45, 7) is 0. The molecule has 1 aliphatic rings. The molecule has 1 aromatic heterocycles. The number of fused-ring (bicyclic) bond motifs is 1. The van der Waals surface area contributed by atoms with Crippen molar-refractivity contribution in [2.24, 2.45) is 18.7 Å². The van der Waals surface area contributed by atoms with E-state index < -0.39 is 0 Å². The molecule has 2 nitrogen and oxygen atoms in total. The largest absolute Gasteiger partial charge is 0.350 e. The van der Waals surface area contributed by atoms with Crippen molar-refractivity contribution >= 4 is 10.9 Å². The van der Waals surface area contributed by atoms with Crippen molar-refractivity contribution in [2.45, 2.75) is 38.1 Å². The van der Waals surface area contributed by atoms with Crippen LogP contribution in [0.2, 0.25) is 0 Å². The lowest BCUT2D eigenvalue weighted by atomic mass is 9.81. The van der Waals surface area contributed by atoms with Crippen molar-refractivity contribution in [1.29, 1.82) is 0 Å². The van der Waals surface area contributed by atoms with Crippen molar-refractivity contribution in [3.05, 3.63) is 36.0 Å². The van der Waals surface area contributed by atoms with Gasteiger partial charge in [0, 0.05) is 30.2 Å². The molecule has 2 aromatic rings. The third-order valence-electron chi connectivity index (χ3n) is 4.44. The van der Waals surface area contributed by atoms with E-state index in [2.05, 4.69) is 42.1 Å². The molecule has 1 aliphatic carbocycles. The second kappa shape index (κ2) is 4.77. The minimum atomic E-state index is 0.205. The second-order valence-corrected chi connectivity index (χ2v) is 5.64. The summed E-state index contributed by atoms with van der Waals surface area (Å²) in [6.07, 6.45) is 8.91. The fourth-order valence-corrected chi connectivity index (χ4v) is 3.39. The van der Waals surface area contributed by atoms with Crippen molar-refractivity contribution in [3.8, 4) is 0 Å². The highest BCUT2D eigenvalue weighted by molar-refractivity contribution is 5.84. The standard InChI is InChI=1S/C16H22N2/c1-18-11-14(13-9-5-6-10-15(13)18)16(17)12-7-3-2-4-8-12/h5-6,9-12,16H,2-4,7-8,17H2,1H3. The number of nitrogens with two attached hydrogens (primary N) is 1. The lowest BCUT2D eigenvalue weighted by Crippen LogP contribution is -2.23. The zero-order valence-electron chi connectivity index (χ0n) is 11.1. The van der Waals surface area contributed by atoms with Gasteiger partial charge < -0.3 is 10.3 Å². The SMILES string of the molecule is Cn1cc(C(N)C2CCCCC2)c2ccccc21. The van der Waals surface area contributed by atoms with Gasteiger partial charge in [-0.25, -0.2) is 0 Å². The summed E-state index contributed by atoms with van der Waals surface area (Å²) in [5.74, 6) is 0.671. The first-order chi connectivity index (χ1) is 8.77. The van der Waals surface area contributed by atoms with Crippen LogP contribution in [0.15, 0.2) is 30.5 Å². The Kier molecular flexibility index (Phi) is 3.13. The minimum absolute atomic E-state index is 0.205.